The molecule has 13 heteroatoms. The van der Waals surface area contributed by atoms with E-state index in [0.717, 1.165) is 77.0 Å². The van der Waals surface area contributed by atoms with Crippen LogP contribution in [0.1, 0.15) is 155 Å². The fraction of sp³-hybridized carbons (Fsp3) is 0.673. The molecule has 0 aliphatic carbocycles. The molecular weight excluding hydrogens is 813 g/mol. The van der Waals surface area contributed by atoms with E-state index in [4.69, 9.17) is 18.9 Å². The maximum absolute atomic E-state index is 12.8. The van der Waals surface area contributed by atoms with Gasteiger partial charge in [-0.25, -0.2) is 0 Å². The van der Waals surface area contributed by atoms with E-state index in [1.54, 1.807) is 0 Å². The normalized spacial score (nSPS) is 20.6. The first-order chi connectivity index (χ1) is 30.0. The van der Waals surface area contributed by atoms with Crippen LogP contribution in [0.3, 0.4) is 0 Å². The average Bonchev–Trinajstić information content (AvgIpc) is 3.24. The van der Waals surface area contributed by atoms with Crippen LogP contribution in [0, 0.1) is 0 Å². The van der Waals surface area contributed by atoms with Gasteiger partial charge in [-0.2, -0.15) is 8.42 Å². The van der Waals surface area contributed by atoms with Crippen LogP contribution in [0.2, 0.25) is 0 Å². The minimum absolute atomic E-state index is 0.0877. The minimum atomic E-state index is -4.62. The highest BCUT2D eigenvalue weighted by atomic mass is 32.2. The highest BCUT2D eigenvalue weighted by Crippen LogP contribution is 2.24. The summed E-state index contributed by atoms with van der Waals surface area (Å²) in [6.07, 6.45) is 40.6. The third kappa shape index (κ3) is 32.5. The van der Waals surface area contributed by atoms with E-state index >= 15 is 0 Å². The Balaban J connectivity index is 2.51. The van der Waals surface area contributed by atoms with E-state index in [1.807, 2.05) is 12.2 Å². The van der Waals surface area contributed by atoms with E-state index in [2.05, 4.69) is 86.8 Å². The number of hydrogen-bond acceptors (Lipinski definition) is 11. The predicted octanol–water partition coefficient (Wildman–Crippen LogP) is 9.67. The van der Waals surface area contributed by atoms with Crippen molar-refractivity contribution in [1.82, 2.24) is 0 Å². The molecule has 1 saturated heterocycles. The second-order valence-electron chi connectivity index (χ2n) is 15.7. The number of unbranched alkanes of at least 4 members (excludes halogenated alkanes) is 11. The molecule has 0 aromatic rings. The summed E-state index contributed by atoms with van der Waals surface area (Å²) < 4.78 is 54.0. The minimum Gasteiger partial charge on any atom is -0.462 e. The van der Waals surface area contributed by atoms with Crippen molar-refractivity contribution in [2.45, 2.75) is 192 Å². The van der Waals surface area contributed by atoms with E-state index in [9.17, 15) is 37.9 Å². The Morgan fingerprint density at radius 3 is 1.50 bits per heavy atom. The summed E-state index contributed by atoms with van der Waals surface area (Å²) in [6, 6.07) is 0. The van der Waals surface area contributed by atoms with Crippen molar-refractivity contribution in [3.05, 3.63) is 85.1 Å². The molecule has 0 bridgehead atoms. The van der Waals surface area contributed by atoms with Crippen molar-refractivity contribution >= 4 is 22.1 Å². The van der Waals surface area contributed by atoms with Gasteiger partial charge in [0.1, 0.15) is 36.8 Å². The maximum atomic E-state index is 12.8. The van der Waals surface area contributed by atoms with Crippen LogP contribution in [-0.4, -0.2) is 96.0 Å². The number of hydrogen-bond donors (Lipinski definition) is 4. The summed E-state index contributed by atoms with van der Waals surface area (Å²) in [6.45, 7) is 3.62. The van der Waals surface area contributed by atoms with E-state index in [1.165, 1.54) is 38.5 Å². The Kier molecular flexibility index (Phi) is 35.1. The second kappa shape index (κ2) is 38.3. The topological polar surface area (TPSA) is 186 Å². The van der Waals surface area contributed by atoms with Crippen molar-refractivity contribution in [1.29, 1.82) is 0 Å². The summed E-state index contributed by atoms with van der Waals surface area (Å²) in [7, 11) is -4.62. The number of aliphatic hydroxyl groups is 3. The van der Waals surface area contributed by atoms with Gasteiger partial charge in [-0.15, -0.1) is 0 Å². The first-order valence-electron chi connectivity index (χ1n) is 23.1. The van der Waals surface area contributed by atoms with Gasteiger partial charge in [-0.1, -0.05) is 144 Å². The van der Waals surface area contributed by atoms with E-state index in [0.29, 0.717) is 12.8 Å². The molecule has 1 heterocycles. The molecule has 4 N–H and O–H groups in total. The fourth-order valence-electron chi connectivity index (χ4n) is 6.33. The third-order valence-corrected chi connectivity index (χ3v) is 10.7. The molecule has 0 spiro atoms. The van der Waals surface area contributed by atoms with E-state index in [-0.39, 0.29) is 19.4 Å². The summed E-state index contributed by atoms with van der Waals surface area (Å²) >= 11 is 0. The largest absolute Gasteiger partial charge is 0.462 e. The quantitative estimate of drug-likeness (QED) is 0.0201. The highest BCUT2D eigenvalue weighted by Gasteiger charge is 2.46. The molecule has 0 aromatic carbocycles. The number of ether oxygens (including phenoxy) is 4. The predicted molar refractivity (Wildman–Crippen MR) is 247 cm³/mol. The van der Waals surface area contributed by atoms with E-state index < -0.39 is 71.2 Å². The van der Waals surface area contributed by atoms with Gasteiger partial charge in [-0.05, 0) is 83.5 Å². The maximum Gasteiger partial charge on any atom is 0.306 e. The molecule has 0 radical (unpaired) electrons. The van der Waals surface area contributed by atoms with Crippen molar-refractivity contribution in [2.24, 2.45) is 0 Å². The fourth-order valence-corrected chi connectivity index (χ4v) is 7.03. The van der Waals surface area contributed by atoms with Gasteiger partial charge in [0.05, 0.1) is 6.61 Å². The average molecular weight is 893 g/mol. The summed E-state index contributed by atoms with van der Waals surface area (Å²) in [5, 5.41) is 30.9. The highest BCUT2D eigenvalue weighted by molar-refractivity contribution is 7.85. The van der Waals surface area contributed by atoms with Crippen molar-refractivity contribution in [2.75, 3.05) is 19.0 Å². The molecule has 0 amide bonds. The molecule has 2 unspecified atom stereocenters. The van der Waals surface area contributed by atoms with Crippen molar-refractivity contribution in [3.63, 3.8) is 0 Å². The van der Waals surface area contributed by atoms with Crippen LogP contribution in [0.5, 0.6) is 0 Å². The second-order valence-corrected chi connectivity index (χ2v) is 17.2. The zero-order valence-electron chi connectivity index (χ0n) is 37.7. The van der Waals surface area contributed by atoms with Crippen LogP contribution in [0.15, 0.2) is 85.1 Å². The van der Waals surface area contributed by atoms with Crippen LogP contribution in [0.4, 0.5) is 0 Å². The van der Waals surface area contributed by atoms with Crippen LogP contribution >= 0.6 is 0 Å². The Bertz CT molecular complexity index is 1460. The SMILES string of the molecule is CCCCC/C=C/C/C=C/C/C=C/C/C=C/C/C=C/CCC(=O)OC[C@H](CO[C@H]1O[C@H](CS(=O)(=O)O)[C@@H](O)C(O)C1O)OC(=O)CCCCCCC/C=C/C/C=C/CCCCC. The Hall–Kier alpha value is -3.17. The van der Waals surface area contributed by atoms with Gasteiger partial charge in [0.15, 0.2) is 12.4 Å². The monoisotopic (exact) mass is 893 g/mol. The van der Waals surface area contributed by atoms with Gasteiger partial charge in [0, 0.05) is 12.8 Å². The lowest BCUT2D eigenvalue weighted by atomic mass is 10.00. The van der Waals surface area contributed by atoms with Gasteiger partial charge in [0.2, 0.25) is 0 Å². The molecule has 1 aliphatic rings. The summed E-state index contributed by atoms with van der Waals surface area (Å²) in [4.78, 5) is 25.4. The number of esters is 2. The number of carbonyl (C=O) groups excluding carboxylic acids is 2. The number of allylic oxidation sites excluding steroid dienone is 14. The first-order valence-corrected chi connectivity index (χ1v) is 24.8. The Labute approximate surface area is 373 Å². The standard InChI is InChI=1S/C49H80O12S/c1-3-5-7-9-11-13-15-17-19-20-21-22-24-25-27-29-31-33-35-37-44(50)58-39-42(40-59-49-48(54)47(53)46(52)43(61-49)41-62(55,56)57)60-45(51)38-36-34-32-30-28-26-23-18-16-14-12-10-8-6-4-2/h11-14,17-19,21-23,25,27,31,33,42-43,46-49,52-54H,3-10,15-16,20,24,26,28-30,32,34-41H2,1-2H3,(H,55,56,57)/b13-11+,14-12+,19-17+,22-21+,23-18+,27-25+,33-31+/t42-,43-,46-,47?,48?,49+/m1/s1. The summed E-state index contributed by atoms with van der Waals surface area (Å²) in [5.41, 5.74) is 0. The Morgan fingerprint density at radius 2 is 1.00 bits per heavy atom. The Morgan fingerprint density at radius 1 is 0.548 bits per heavy atom. The van der Waals surface area contributed by atoms with Crippen molar-refractivity contribution in [3.8, 4) is 0 Å². The molecule has 1 aliphatic heterocycles. The molecule has 0 saturated carbocycles. The molecule has 62 heavy (non-hydrogen) atoms. The molecule has 0 aromatic heterocycles. The third-order valence-electron chi connectivity index (χ3n) is 9.96. The number of rotatable bonds is 37. The van der Waals surface area contributed by atoms with Gasteiger partial charge in [-0.3, -0.25) is 14.1 Å². The summed E-state index contributed by atoms with van der Waals surface area (Å²) in [5.74, 6) is -2.12. The van der Waals surface area contributed by atoms with Gasteiger partial charge in [0.25, 0.3) is 10.1 Å². The van der Waals surface area contributed by atoms with Crippen LogP contribution < -0.4 is 0 Å². The zero-order valence-corrected chi connectivity index (χ0v) is 38.5. The lowest BCUT2D eigenvalue weighted by Gasteiger charge is -2.40. The zero-order chi connectivity index (χ0) is 45.5. The molecule has 12 nitrogen and oxygen atoms in total. The number of aliphatic hydroxyl groups excluding tert-OH is 3. The lowest BCUT2D eigenvalue weighted by Crippen LogP contribution is -2.60. The molecule has 6 atom stereocenters. The molecule has 354 valence electrons. The number of carbonyl (C=O) groups is 2. The molecule has 1 fully saturated rings. The molecular formula is C49H80O12S. The van der Waals surface area contributed by atoms with Gasteiger partial charge < -0.3 is 34.3 Å². The smallest absolute Gasteiger partial charge is 0.306 e. The first kappa shape index (κ1) is 56.8. The molecule has 1 rings (SSSR count). The van der Waals surface area contributed by atoms with Crippen molar-refractivity contribution < 1.29 is 56.8 Å². The van der Waals surface area contributed by atoms with Crippen LogP contribution in [-0.2, 0) is 38.7 Å². The van der Waals surface area contributed by atoms with Crippen LogP contribution in [0.25, 0.3) is 0 Å². The lowest BCUT2D eigenvalue weighted by molar-refractivity contribution is -0.297. The van der Waals surface area contributed by atoms with Gasteiger partial charge >= 0.3 is 11.9 Å².